The molecule has 3 rings (SSSR count). The van der Waals surface area contributed by atoms with Crippen molar-refractivity contribution in [1.29, 1.82) is 0 Å². The van der Waals surface area contributed by atoms with Gasteiger partial charge in [0.25, 0.3) is 5.69 Å². The highest BCUT2D eigenvalue weighted by molar-refractivity contribution is 5.75. The molecule has 1 fully saturated rings. The van der Waals surface area contributed by atoms with Gasteiger partial charge in [0.15, 0.2) is 11.5 Å². The standard InChI is InChI=1S/C22H25F3N4O5/c1-33-19-6-3-15(13-20(19)34-2)7-8-26-21(30)28-11-9-27(10-12-28)17-5-4-16(22(23,24)25)14-18(17)29(31)32/h3-6,13-14H,7-12H2,1-2H3,(H,26,30). The number of anilines is 1. The van der Waals surface area contributed by atoms with Crippen LogP contribution in [0.4, 0.5) is 29.3 Å². The maximum Gasteiger partial charge on any atom is 0.416 e. The second-order valence-corrected chi connectivity index (χ2v) is 7.60. The van der Waals surface area contributed by atoms with Crippen molar-refractivity contribution in [1.82, 2.24) is 10.2 Å². The van der Waals surface area contributed by atoms with Crippen LogP contribution in [0.3, 0.4) is 0 Å². The minimum absolute atomic E-state index is 0.103. The van der Waals surface area contributed by atoms with E-state index >= 15 is 0 Å². The highest BCUT2D eigenvalue weighted by atomic mass is 19.4. The first-order valence-electron chi connectivity index (χ1n) is 10.5. The number of hydrogen-bond acceptors (Lipinski definition) is 6. The first-order valence-corrected chi connectivity index (χ1v) is 10.5. The van der Waals surface area contributed by atoms with E-state index in [1.807, 2.05) is 12.1 Å². The average Bonchev–Trinajstić information content (AvgIpc) is 2.83. The van der Waals surface area contributed by atoms with Gasteiger partial charge in [0.1, 0.15) is 5.69 Å². The van der Waals surface area contributed by atoms with Gasteiger partial charge in [-0.3, -0.25) is 10.1 Å². The van der Waals surface area contributed by atoms with Gasteiger partial charge in [0, 0.05) is 38.8 Å². The van der Waals surface area contributed by atoms with Gasteiger partial charge < -0.3 is 24.6 Å². The number of carbonyl (C=O) groups is 1. The molecule has 0 aromatic heterocycles. The lowest BCUT2D eigenvalue weighted by atomic mass is 10.1. The number of benzene rings is 2. The highest BCUT2D eigenvalue weighted by Gasteiger charge is 2.34. The number of amides is 2. The number of rotatable bonds is 7. The van der Waals surface area contributed by atoms with Crippen molar-refractivity contribution in [3.05, 3.63) is 57.6 Å². The zero-order valence-corrected chi connectivity index (χ0v) is 18.7. The number of nitrogens with zero attached hydrogens (tertiary/aromatic N) is 3. The topological polar surface area (TPSA) is 97.2 Å². The maximum absolute atomic E-state index is 12.9. The Morgan fingerprint density at radius 2 is 1.74 bits per heavy atom. The van der Waals surface area contributed by atoms with E-state index in [1.54, 1.807) is 30.1 Å². The monoisotopic (exact) mass is 482 g/mol. The molecule has 34 heavy (non-hydrogen) atoms. The zero-order valence-electron chi connectivity index (χ0n) is 18.7. The predicted octanol–water partition coefficient (Wildman–Crippen LogP) is 3.71. The number of nitrogens with one attached hydrogen (secondary N) is 1. The molecular formula is C22H25F3N4O5. The Kier molecular flexibility index (Phi) is 7.69. The van der Waals surface area contributed by atoms with Gasteiger partial charge in [-0.15, -0.1) is 0 Å². The van der Waals surface area contributed by atoms with E-state index in [2.05, 4.69) is 5.32 Å². The molecule has 1 aliphatic heterocycles. The van der Waals surface area contributed by atoms with Crippen LogP contribution in [-0.2, 0) is 12.6 Å². The summed E-state index contributed by atoms with van der Waals surface area (Å²) < 4.78 is 49.3. The molecule has 0 radical (unpaired) electrons. The summed E-state index contributed by atoms with van der Waals surface area (Å²) in [4.78, 5) is 26.2. The highest BCUT2D eigenvalue weighted by Crippen LogP contribution is 2.36. The van der Waals surface area contributed by atoms with Crippen LogP contribution in [0.1, 0.15) is 11.1 Å². The molecule has 0 bridgehead atoms. The lowest BCUT2D eigenvalue weighted by Crippen LogP contribution is -2.52. The number of hydrogen-bond donors (Lipinski definition) is 1. The molecule has 9 nitrogen and oxygen atoms in total. The summed E-state index contributed by atoms with van der Waals surface area (Å²) in [5.74, 6) is 1.21. The molecule has 12 heteroatoms. The molecule has 2 aromatic carbocycles. The fourth-order valence-electron chi connectivity index (χ4n) is 3.73. The Balaban J connectivity index is 1.55. The van der Waals surface area contributed by atoms with Crippen molar-refractivity contribution < 1.29 is 32.4 Å². The molecule has 1 N–H and O–H groups in total. The summed E-state index contributed by atoms with van der Waals surface area (Å²) in [6.45, 7) is 1.46. The third-order valence-corrected chi connectivity index (χ3v) is 5.54. The second-order valence-electron chi connectivity index (χ2n) is 7.60. The summed E-state index contributed by atoms with van der Waals surface area (Å²) in [6, 6.07) is 7.71. The number of ether oxygens (including phenoxy) is 2. The minimum Gasteiger partial charge on any atom is -0.493 e. The number of nitro groups is 1. The fraction of sp³-hybridized carbons (Fsp3) is 0.409. The van der Waals surface area contributed by atoms with Crippen molar-refractivity contribution in [2.75, 3.05) is 51.8 Å². The molecule has 0 spiro atoms. The van der Waals surface area contributed by atoms with Gasteiger partial charge in [-0.1, -0.05) is 6.07 Å². The van der Waals surface area contributed by atoms with Crippen LogP contribution >= 0.6 is 0 Å². The Morgan fingerprint density at radius 1 is 1.06 bits per heavy atom. The minimum atomic E-state index is -4.67. The first-order chi connectivity index (χ1) is 16.1. The maximum atomic E-state index is 12.9. The van der Waals surface area contributed by atoms with Crippen molar-refractivity contribution >= 4 is 17.4 Å². The smallest absolute Gasteiger partial charge is 0.416 e. The van der Waals surface area contributed by atoms with Gasteiger partial charge >= 0.3 is 12.2 Å². The summed E-state index contributed by atoms with van der Waals surface area (Å²) in [7, 11) is 3.09. The Hall–Kier alpha value is -3.70. The van der Waals surface area contributed by atoms with Crippen molar-refractivity contribution in [3.8, 4) is 11.5 Å². The summed E-state index contributed by atoms with van der Waals surface area (Å²) in [5, 5.41) is 14.2. The van der Waals surface area contributed by atoms with Crippen LogP contribution in [0.2, 0.25) is 0 Å². The largest absolute Gasteiger partial charge is 0.493 e. The number of methoxy groups -OCH3 is 2. The Labute approximate surface area is 194 Å². The molecule has 0 unspecified atom stereocenters. The third kappa shape index (κ3) is 5.80. The van der Waals surface area contributed by atoms with E-state index in [9.17, 15) is 28.1 Å². The SMILES string of the molecule is COc1ccc(CCNC(=O)N2CCN(c3ccc(C(F)(F)F)cc3[N+](=O)[O-])CC2)cc1OC. The fourth-order valence-corrected chi connectivity index (χ4v) is 3.73. The lowest BCUT2D eigenvalue weighted by molar-refractivity contribution is -0.384. The number of piperazine rings is 1. The van der Waals surface area contributed by atoms with Crippen molar-refractivity contribution in [3.63, 3.8) is 0 Å². The number of halogens is 3. The van der Waals surface area contributed by atoms with Crippen LogP contribution in [0.25, 0.3) is 0 Å². The van der Waals surface area contributed by atoms with Crippen molar-refractivity contribution in [2.24, 2.45) is 0 Å². The van der Waals surface area contributed by atoms with E-state index in [0.717, 1.165) is 17.7 Å². The van der Waals surface area contributed by atoms with E-state index < -0.39 is 22.4 Å². The zero-order chi connectivity index (χ0) is 24.9. The summed E-state index contributed by atoms with van der Waals surface area (Å²) in [6.07, 6.45) is -4.10. The number of urea groups is 1. The van der Waals surface area contributed by atoms with Crippen LogP contribution in [0, 0.1) is 10.1 Å². The lowest BCUT2D eigenvalue weighted by Gasteiger charge is -2.35. The van der Waals surface area contributed by atoms with Crippen LogP contribution < -0.4 is 19.7 Å². The molecule has 2 aromatic rings. The quantitative estimate of drug-likeness (QED) is 0.478. The molecule has 1 saturated heterocycles. The van der Waals surface area contributed by atoms with Crippen LogP contribution in [-0.4, -0.2) is 62.8 Å². The van der Waals surface area contributed by atoms with Gasteiger partial charge in [-0.2, -0.15) is 13.2 Å². The molecule has 1 heterocycles. The summed E-state index contributed by atoms with van der Waals surface area (Å²) >= 11 is 0. The van der Waals surface area contributed by atoms with Crippen LogP contribution in [0.15, 0.2) is 36.4 Å². The Morgan fingerprint density at radius 3 is 2.32 bits per heavy atom. The Bertz CT molecular complexity index is 1040. The number of carbonyl (C=O) groups excluding carboxylic acids is 1. The van der Waals surface area contributed by atoms with Crippen LogP contribution in [0.5, 0.6) is 11.5 Å². The van der Waals surface area contributed by atoms with E-state index in [4.69, 9.17) is 9.47 Å². The molecule has 184 valence electrons. The van der Waals surface area contributed by atoms with E-state index in [1.165, 1.54) is 0 Å². The molecule has 0 aliphatic carbocycles. The molecule has 2 amide bonds. The molecular weight excluding hydrogens is 457 g/mol. The van der Waals surface area contributed by atoms with Gasteiger partial charge in [-0.05, 0) is 36.2 Å². The number of nitro benzene ring substituents is 1. The van der Waals surface area contributed by atoms with Crippen molar-refractivity contribution in [2.45, 2.75) is 12.6 Å². The second kappa shape index (κ2) is 10.5. The average molecular weight is 482 g/mol. The van der Waals surface area contributed by atoms with Gasteiger partial charge in [0.2, 0.25) is 0 Å². The molecule has 0 atom stereocenters. The van der Waals surface area contributed by atoms with E-state index in [0.29, 0.717) is 30.5 Å². The van der Waals surface area contributed by atoms with E-state index in [-0.39, 0.29) is 37.9 Å². The molecule has 0 saturated carbocycles. The normalized spacial score (nSPS) is 14.0. The van der Waals surface area contributed by atoms with Gasteiger partial charge in [-0.25, -0.2) is 4.79 Å². The number of alkyl halides is 3. The third-order valence-electron chi connectivity index (χ3n) is 5.54. The molecule has 1 aliphatic rings. The van der Waals surface area contributed by atoms with Gasteiger partial charge in [0.05, 0.1) is 24.7 Å². The predicted molar refractivity (Wildman–Crippen MR) is 119 cm³/mol. The summed E-state index contributed by atoms with van der Waals surface area (Å²) in [5.41, 5.74) is -0.623. The first kappa shape index (κ1) is 24.9.